The van der Waals surface area contributed by atoms with Gasteiger partial charge in [-0.15, -0.1) is 0 Å². The second kappa shape index (κ2) is 11.4. The minimum absolute atomic E-state index is 0.0255. The average molecular weight is 488 g/mol. The fraction of sp³-hybridized carbons (Fsp3) is 0.440. The van der Waals surface area contributed by atoms with Gasteiger partial charge in [-0.1, -0.05) is 30.3 Å². The molecule has 188 valence electrons. The number of aliphatic hydroxyl groups excluding tert-OH is 4. The number of aliphatic hydroxyl groups is 4. The third kappa shape index (κ3) is 5.44. The molecular weight excluding hydrogens is 460 g/mol. The van der Waals surface area contributed by atoms with Crippen molar-refractivity contribution in [2.24, 2.45) is 0 Å². The third-order valence-corrected chi connectivity index (χ3v) is 5.99. The van der Waals surface area contributed by atoms with Crippen LogP contribution >= 0.6 is 0 Å². The second-order valence-electron chi connectivity index (χ2n) is 8.30. The Morgan fingerprint density at radius 3 is 2.37 bits per heavy atom. The van der Waals surface area contributed by atoms with E-state index in [-0.39, 0.29) is 37.8 Å². The summed E-state index contributed by atoms with van der Waals surface area (Å²) < 4.78 is 21.2. The van der Waals surface area contributed by atoms with Gasteiger partial charge in [0.15, 0.2) is 12.1 Å². The lowest BCUT2D eigenvalue weighted by atomic mass is 9.99. The van der Waals surface area contributed by atoms with Crippen molar-refractivity contribution in [3.63, 3.8) is 0 Å². The molecule has 2 aromatic rings. The van der Waals surface area contributed by atoms with E-state index in [1.165, 1.54) is 0 Å². The molecule has 0 radical (unpaired) electrons. The average Bonchev–Trinajstić information content (AvgIpc) is 3.16. The van der Waals surface area contributed by atoms with Crippen LogP contribution in [0.2, 0.25) is 0 Å². The summed E-state index contributed by atoms with van der Waals surface area (Å²) in [6.07, 6.45) is -6.15. The monoisotopic (exact) mass is 488 g/mol. The van der Waals surface area contributed by atoms with Crippen molar-refractivity contribution >= 4 is 11.8 Å². The Hall–Kier alpha value is -2.70. The molecule has 1 fully saturated rings. The van der Waals surface area contributed by atoms with Crippen LogP contribution < -0.4 is 0 Å². The molecule has 4 rings (SSSR count). The predicted octanol–water partition coefficient (Wildman–Crippen LogP) is 0.278. The van der Waals surface area contributed by atoms with E-state index in [4.69, 9.17) is 18.9 Å². The van der Waals surface area contributed by atoms with Crippen LogP contribution in [-0.2, 0) is 18.9 Å². The molecular formula is C25H28O10. The van der Waals surface area contributed by atoms with E-state index in [2.05, 4.69) is 0 Å². The molecule has 4 N–H and O–H groups in total. The number of hydrogen-bond acceptors (Lipinski definition) is 10. The minimum atomic E-state index is -1.49. The van der Waals surface area contributed by atoms with Crippen LogP contribution in [0.4, 0.5) is 0 Å². The topological polar surface area (TPSA) is 152 Å². The summed E-state index contributed by atoms with van der Waals surface area (Å²) in [4.78, 5) is 25.0. The highest BCUT2D eigenvalue weighted by Crippen LogP contribution is 2.36. The first kappa shape index (κ1) is 25.4. The van der Waals surface area contributed by atoms with Crippen molar-refractivity contribution in [3.8, 4) is 11.1 Å². The quantitative estimate of drug-likeness (QED) is 0.231. The number of carbonyl (C=O) groups excluding carboxylic acids is 2. The Labute approximate surface area is 201 Å². The summed E-state index contributed by atoms with van der Waals surface area (Å²) in [6.45, 7) is 0.0649. The normalized spacial score (nSPS) is 25.3. The van der Waals surface area contributed by atoms with E-state index in [0.717, 1.165) is 11.1 Å². The molecule has 10 heteroatoms. The van der Waals surface area contributed by atoms with Gasteiger partial charge >= 0.3 is 5.97 Å². The summed E-state index contributed by atoms with van der Waals surface area (Å²) in [5.41, 5.74) is 3.05. The molecule has 0 amide bonds. The van der Waals surface area contributed by atoms with Crippen LogP contribution in [0, 0.1) is 0 Å². The molecule has 1 aliphatic heterocycles. The maximum Gasteiger partial charge on any atom is 0.338 e. The molecule has 1 saturated heterocycles. The van der Waals surface area contributed by atoms with Crippen molar-refractivity contribution in [1.82, 2.24) is 0 Å². The Morgan fingerprint density at radius 2 is 1.60 bits per heavy atom. The molecule has 1 aliphatic carbocycles. The number of esters is 1. The van der Waals surface area contributed by atoms with Crippen molar-refractivity contribution in [3.05, 3.63) is 59.2 Å². The van der Waals surface area contributed by atoms with E-state index < -0.39 is 43.3 Å². The van der Waals surface area contributed by atoms with Crippen LogP contribution in [0.3, 0.4) is 0 Å². The summed E-state index contributed by atoms with van der Waals surface area (Å²) in [5, 5.41) is 38.6. The van der Waals surface area contributed by atoms with Crippen LogP contribution in [0.25, 0.3) is 11.1 Å². The summed E-state index contributed by atoms with van der Waals surface area (Å²) >= 11 is 0. The first-order chi connectivity index (χ1) is 16.9. The molecule has 10 nitrogen and oxygen atoms in total. The number of benzene rings is 2. The van der Waals surface area contributed by atoms with E-state index in [0.29, 0.717) is 17.5 Å². The van der Waals surface area contributed by atoms with E-state index in [9.17, 15) is 30.0 Å². The van der Waals surface area contributed by atoms with Gasteiger partial charge in [-0.05, 0) is 29.7 Å². The number of fused-ring (bicyclic) bond motifs is 3. The number of rotatable bonds is 10. The Balaban J connectivity index is 1.14. The van der Waals surface area contributed by atoms with Crippen molar-refractivity contribution < 1.29 is 49.0 Å². The molecule has 0 saturated carbocycles. The number of ketones is 1. The molecule has 0 bridgehead atoms. The van der Waals surface area contributed by atoms with Crippen LogP contribution in [0.1, 0.15) is 32.7 Å². The number of hydrogen-bond donors (Lipinski definition) is 4. The molecule has 0 spiro atoms. The first-order valence-corrected chi connectivity index (χ1v) is 11.4. The summed E-state index contributed by atoms with van der Waals surface area (Å²) in [7, 11) is 0. The van der Waals surface area contributed by atoms with Gasteiger partial charge in [-0.2, -0.15) is 0 Å². The lowest BCUT2D eigenvalue weighted by molar-refractivity contribution is -0.301. The zero-order valence-electron chi connectivity index (χ0n) is 18.9. The van der Waals surface area contributed by atoms with Crippen LogP contribution in [0.15, 0.2) is 42.5 Å². The number of ether oxygens (including phenoxy) is 4. The molecule has 5 atom stereocenters. The van der Waals surface area contributed by atoms with E-state index >= 15 is 0 Å². The van der Waals surface area contributed by atoms with Gasteiger partial charge in [-0.25, -0.2) is 4.79 Å². The highest BCUT2D eigenvalue weighted by atomic mass is 16.7. The van der Waals surface area contributed by atoms with Gasteiger partial charge < -0.3 is 39.4 Å². The predicted molar refractivity (Wildman–Crippen MR) is 121 cm³/mol. The Morgan fingerprint density at radius 1 is 0.857 bits per heavy atom. The highest BCUT2D eigenvalue weighted by Gasteiger charge is 2.43. The van der Waals surface area contributed by atoms with Crippen molar-refractivity contribution in [1.29, 1.82) is 0 Å². The van der Waals surface area contributed by atoms with Crippen molar-refractivity contribution in [2.45, 2.75) is 37.1 Å². The smallest absolute Gasteiger partial charge is 0.338 e. The summed E-state index contributed by atoms with van der Waals surface area (Å²) in [5.74, 6) is -0.661. The molecule has 35 heavy (non-hydrogen) atoms. The van der Waals surface area contributed by atoms with Gasteiger partial charge in [0, 0.05) is 17.7 Å². The van der Waals surface area contributed by atoms with Gasteiger partial charge in [0.1, 0.15) is 31.0 Å². The second-order valence-corrected chi connectivity index (χ2v) is 8.30. The van der Waals surface area contributed by atoms with Gasteiger partial charge in [0.05, 0.1) is 25.4 Å². The molecule has 2 aromatic carbocycles. The summed E-state index contributed by atoms with van der Waals surface area (Å²) in [6, 6.07) is 12.3. The standard InChI is InChI=1S/C25H28O10/c26-13-19-21(28)22(29)23(30)25(35-19)34-9-3-8-32-10-11-33-24(31)14-6-7-16-15-4-1-2-5-17(15)20(27)18(16)12-14/h1-2,4-7,12,19,21-23,25-26,28-30H,3,8-11,13H2/t19-,21-,22+,23-,25-/m1/s1. The third-order valence-electron chi connectivity index (χ3n) is 5.99. The maximum absolute atomic E-state index is 12.6. The van der Waals surface area contributed by atoms with Gasteiger partial charge in [0.25, 0.3) is 0 Å². The molecule has 2 aliphatic rings. The Bertz CT molecular complexity index is 1050. The molecule has 1 heterocycles. The Kier molecular flexibility index (Phi) is 8.24. The number of carbonyl (C=O) groups is 2. The lowest BCUT2D eigenvalue weighted by Crippen LogP contribution is -2.59. The SMILES string of the molecule is O=C(OCCOCCCO[C@@H]1O[C@H](CO)[C@@H](O)[C@H](O)[C@H]1O)c1ccc2c(c1)C(=O)c1ccccc1-2. The van der Waals surface area contributed by atoms with E-state index in [1.54, 1.807) is 30.3 Å². The highest BCUT2D eigenvalue weighted by molar-refractivity contribution is 6.22. The lowest BCUT2D eigenvalue weighted by Gasteiger charge is -2.39. The first-order valence-electron chi connectivity index (χ1n) is 11.4. The maximum atomic E-state index is 12.6. The minimum Gasteiger partial charge on any atom is -0.460 e. The largest absolute Gasteiger partial charge is 0.460 e. The zero-order chi connectivity index (χ0) is 24.9. The zero-order valence-corrected chi connectivity index (χ0v) is 18.9. The molecule has 0 unspecified atom stereocenters. The fourth-order valence-electron chi connectivity index (χ4n) is 4.10. The van der Waals surface area contributed by atoms with Crippen molar-refractivity contribution in [2.75, 3.05) is 33.0 Å². The van der Waals surface area contributed by atoms with Gasteiger partial charge in [-0.3, -0.25) is 4.79 Å². The molecule has 0 aromatic heterocycles. The van der Waals surface area contributed by atoms with Crippen LogP contribution in [0.5, 0.6) is 0 Å². The fourth-order valence-corrected chi connectivity index (χ4v) is 4.10. The van der Waals surface area contributed by atoms with Crippen LogP contribution in [-0.4, -0.2) is 95.9 Å². The van der Waals surface area contributed by atoms with E-state index in [1.807, 2.05) is 12.1 Å². The van der Waals surface area contributed by atoms with Gasteiger partial charge in [0.2, 0.25) is 0 Å².